The lowest BCUT2D eigenvalue weighted by molar-refractivity contribution is -0.121. The second kappa shape index (κ2) is 9.05. The summed E-state index contributed by atoms with van der Waals surface area (Å²) in [4.78, 5) is 27.1. The number of nitrogens with zero attached hydrogens (tertiary/aromatic N) is 4. The van der Waals surface area contributed by atoms with E-state index in [4.69, 9.17) is 4.74 Å². The van der Waals surface area contributed by atoms with Crippen LogP contribution >= 0.6 is 0 Å². The van der Waals surface area contributed by atoms with Crippen LogP contribution in [0.4, 0.5) is 0 Å². The molecule has 0 aliphatic carbocycles. The van der Waals surface area contributed by atoms with Crippen LogP contribution in [0.1, 0.15) is 20.3 Å². The molecule has 0 spiro atoms. The monoisotopic (exact) mass is 373 g/mol. The Bertz CT molecular complexity index is 829. The lowest BCUT2D eigenvalue weighted by Gasteiger charge is -2.36. The van der Waals surface area contributed by atoms with Crippen LogP contribution in [0.25, 0.3) is 10.9 Å². The summed E-state index contributed by atoms with van der Waals surface area (Å²) in [6.07, 6.45) is 0.195. The molecule has 1 unspecified atom stereocenters. The van der Waals surface area contributed by atoms with Crippen LogP contribution in [0, 0.1) is 5.92 Å². The molecule has 1 saturated heterocycles. The average Bonchev–Trinajstić information content (AvgIpc) is 2.68. The van der Waals surface area contributed by atoms with E-state index in [2.05, 4.69) is 34.4 Å². The fourth-order valence-corrected chi connectivity index (χ4v) is 3.38. The molecule has 2 aromatic rings. The fourth-order valence-electron chi connectivity index (χ4n) is 3.38. The summed E-state index contributed by atoms with van der Waals surface area (Å²) in [7, 11) is 0. The van der Waals surface area contributed by atoms with E-state index in [0.29, 0.717) is 23.4 Å². The van der Waals surface area contributed by atoms with Crippen LogP contribution in [0.5, 0.6) is 0 Å². The lowest BCUT2D eigenvalue weighted by Crippen LogP contribution is -2.51. The van der Waals surface area contributed by atoms with E-state index >= 15 is 0 Å². The number of nitrogens with one attached hydrogen (secondary N) is 1. The van der Waals surface area contributed by atoms with E-state index < -0.39 is 0 Å². The molecule has 1 N–H and O–H groups in total. The van der Waals surface area contributed by atoms with Crippen molar-refractivity contribution >= 4 is 16.8 Å². The predicted octanol–water partition coefficient (Wildman–Crippen LogP) is 0.655. The van der Waals surface area contributed by atoms with Gasteiger partial charge in [0.1, 0.15) is 5.52 Å². The van der Waals surface area contributed by atoms with Crippen molar-refractivity contribution in [2.24, 2.45) is 5.92 Å². The molecule has 1 aromatic heterocycles. The maximum absolute atomic E-state index is 12.4. The molecule has 1 aromatic carbocycles. The smallest absolute Gasteiger partial charge is 0.277 e. The van der Waals surface area contributed by atoms with E-state index in [9.17, 15) is 9.59 Å². The number of hydrogen-bond donors (Lipinski definition) is 1. The molecular formula is C19H27N5O3. The van der Waals surface area contributed by atoms with Crippen molar-refractivity contribution in [3.8, 4) is 0 Å². The molecule has 8 nitrogen and oxygen atoms in total. The summed E-state index contributed by atoms with van der Waals surface area (Å²) in [5, 5.41) is 11.5. The fraction of sp³-hybridized carbons (Fsp3) is 0.579. The average molecular weight is 373 g/mol. The van der Waals surface area contributed by atoms with Crippen LogP contribution in [0.3, 0.4) is 0 Å². The number of ether oxygens (including phenoxy) is 1. The lowest BCUT2D eigenvalue weighted by atomic mass is 10.0. The van der Waals surface area contributed by atoms with Crippen molar-refractivity contribution in [1.82, 2.24) is 25.2 Å². The van der Waals surface area contributed by atoms with Crippen molar-refractivity contribution in [1.29, 1.82) is 0 Å². The molecule has 8 heteroatoms. The van der Waals surface area contributed by atoms with Crippen LogP contribution in [0.15, 0.2) is 29.1 Å². The van der Waals surface area contributed by atoms with Gasteiger partial charge in [-0.25, -0.2) is 4.68 Å². The van der Waals surface area contributed by atoms with Crippen molar-refractivity contribution in [2.45, 2.75) is 32.9 Å². The number of fused-ring (bicyclic) bond motifs is 1. The number of benzene rings is 1. The van der Waals surface area contributed by atoms with E-state index in [0.717, 1.165) is 26.3 Å². The Labute approximate surface area is 158 Å². The predicted molar refractivity (Wildman–Crippen MR) is 102 cm³/mol. The molecule has 0 saturated carbocycles. The molecule has 1 atom stereocenters. The second-order valence-electron chi connectivity index (χ2n) is 7.15. The van der Waals surface area contributed by atoms with Gasteiger partial charge in [0.25, 0.3) is 5.56 Å². The zero-order valence-corrected chi connectivity index (χ0v) is 15.9. The van der Waals surface area contributed by atoms with Crippen LogP contribution in [0.2, 0.25) is 0 Å². The maximum atomic E-state index is 12.4. The Balaban J connectivity index is 1.54. The van der Waals surface area contributed by atoms with Crippen molar-refractivity contribution in [3.05, 3.63) is 34.6 Å². The highest BCUT2D eigenvalue weighted by atomic mass is 16.5. The van der Waals surface area contributed by atoms with Gasteiger partial charge < -0.3 is 10.1 Å². The number of amides is 1. The van der Waals surface area contributed by atoms with Gasteiger partial charge in [-0.05, 0) is 18.1 Å². The molecule has 1 amide bonds. The molecule has 0 radical (unpaired) electrons. The normalized spacial score (nSPS) is 16.6. The Morgan fingerprint density at radius 1 is 1.26 bits per heavy atom. The Hall–Kier alpha value is -2.32. The Morgan fingerprint density at radius 2 is 2.00 bits per heavy atom. The minimum atomic E-state index is -0.221. The number of carbonyl (C=O) groups excluding carboxylic acids is 1. The number of aromatic nitrogens is 3. The van der Waals surface area contributed by atoms with Gasteiger partial charge in [0.05, 0.1) is 25.1 Å². The summed E-state index contributed by atoms with van der Waals surface area (Å²) in [5.41, 5.74) is 0.343. The maximum Gasteiger partial charge on any atom is 0.277 e. The summed E-state index contributed by atoms with van der Waals surface area (Å²) in [6.45, 7) is 8.39. The zero-order valence-electron chi connectivity index (χ0n) is 15.9. The summed E-state index contributed by atoms with van der Waals surface area (Å²) in [6, 6.07) is 7.35. The second-order valence-corrected chi connectivity index (χ2v) is 7.15. The first-order valence-electron chi connectivity index (χ1n) is 9.47. The highest BCUT2D eigenvalue weighted by Gasteiger charge is 2.24. The highest BCUT2D eigenvalue weighted by molar-refractivity contribution is 5.77. The number of aryl methyl sites for hydroxylation is 1. The minimum absolute atomic E-state index is 0.0873. The summed E-state index contributed by atoms with van der Waals surface area (Å²) in [5.74, 6) is 0.341. The number of hydrogen-bond acceptors (Lipinski definition) is 6. The van der Waals surface area contributed by atoms with Gasteiger partial charge >= 0.3 is 0 Å². The van der Waals surface area contributed by atoms with Crippen molar-refractivity contribution < 1.29 is 9.53 Å². The van der Waals surface area contributed by atoms with E-state index in [1.807, 2.05) is 6.07 Å². The molecule has 27 heavy (non-hydrogen) atoms. The van der Waals surface area contributed by atoms with Gasteiger partial charge in [0.15, 0.2) is 0 Å². The topological polar surface area (TPSA) is 89.3 Å². The SMILES string of the molecule is CC(C)C(CNC(=O)CCn1nnc2ccccc2c1=O)N1CCOCC1. The third-order valence-electron chi connectivity index (χ3n) is 4.97. The first-order valence-corrected chi connectivity index (χ1v) is 9.47. The van der Waals surface area contributed by atoms with Gasteiger partial charge in [-0.15, -0.1) is 5.10 Å². The van der Waals surface area contributed by atoms with Crippen molar-refractivity contribution in [2.75, 3.05) is 32.8 Å². The molecule has 3 rings (SSSR count). The Morgan fingerprint density at radius 3 is 2.74 bits per heavy atom. The van der Waals surface area contributed by atoms with Crippen molar-refractivity contribution in [3.63, 3.8) is 0 Å². The molecule has 146 valence electrons. The third kappa shape index (κ3) is 4.90. The van der Waals surface area contributed by atoms with Crippen LogP contribution in [-0.2, 0) is 16.1 Å². The molecular weight excluding hydrogens is 346 g/mol. The summed E-state index contributed by atoms with van der Waals surface area (Å²) < 4.78 is 6.66. The third-order valence-corrected chi connectivity index (χ3v) is 4.97. The standard InChI is InChI=1S/C19H27N5O3/c1-14(2)17(23-9-11-27-12-10-23)13-20-18(25)7-8-24-19(26)15-5-3-4-6-16(15)21-22-24/h3-6,14,17H,7-13H2,1-2H3,(H,20,25). The number of carbonyl (C=O) groups is 1. The number of morpholine rings is 1. The molecule has 1 aliphatic rings. The van der Waals surface area contributed by atoms with Gasteiger partial charge in [0.2, 0.25) is 5.91 Å². The van der Waals surface area contributed by atoms with Gasteiger partial charge in [-0.1, -0.05) is 31.2 Å². The van der Waals surface area contributed by atoms with Gasteiger partial charge in [-0.3, -0.25) is 14.5 Å². The van der Waals surface area contributed by atoms with E-state index in [-0.39, 0.29) is 30.5 Å². The minimum Gasteiger partial charge on any atom is -0.379 e. The largest absolute Gasteiger partial charge is 0.379 e. The number of rotatable bonds is 7. The molecule has 1 fully saturated rings. The Kier molecular flexibility index (Phi) is 6.52. The van der Waals surface area contributed by atoms with E-state index in [1.165, 1.54) is 4.68 Å². The highest BCUT2D eigenvalue weighted by Crippen LogP contribution is 2.12. The quantitative estimate of drug-likeness (QED) is 0.767. The zero-order chi connectivity index (χ0) is 19.2. The van der Waals surface area contributed by atoms with Gasteiger partial charge in [0, 0.05) is 32.1 Å². The first kappa shape index (κ1) is 19.4. The van der Waals surface area contributed by atoms with Gasteiger partial charge in [-0.2, -0.15) is 0 Å². The molecule has 2 heterocycles. The molecule has 0 bridgehead atoms. The summed E-state index contributed by atoms with van der Waals surface area (Å²) >= 11 is 0. The van der Waals surface area contributed by atoms with Crippen LogP contribution in [-0.4, -0.2) is 64.7 Å². The first-order chi connectivity index (χ1) is 13.1. The van der Waals surface area contributed by atoms with Crippen LogP contribution < -0.4 is 10.9 Å². The molecule has 1 aliphatic heterocycles. The van der Waals surface area contributed by atoms with E-state index in [1.54, 1.807) is 18.2 Å².